The Balaban J connectivity index is 2.03. The van der Waals surface area contributed by atoms with Crippen LogP contribution in [0.2, 0.25) is 0 Å². The van der Waals surface area contributed by atoms with Crippen molar-refractivity contribution < 1.29 is 18.0 Å². The first kappa shape index (κ1) is 20.6. The van der Waals surface area contributed by atoms with Gasteiger partial charge in [-0.15, -0.1) is 0 Å². The number of hydrogen-bond acceptors (Lipinski definition) is 3. The molecule has 0 unspecified atom stereocenters. The molecule has 0 aromatic heterocycles. The summed E-state index contributed by atoms with van der Waals surface area (Å²) in [4.78, 5) is 14.9. The van der Waals surface area contributed by atoms with Gasteiger partial charge in [-0.2, -0.15) is 23.3 Å². The van der Waals surface area contributed by atoms with Crippen LogP contribution in [0.25, 0.3) is 6.08 Å². The molecule has 1 aliphatic rings. The molecule has 152 valence electrons. The topological polar surface area (TPSA) is 35.9 Å². The van der Waals surface area contributed by atoms with Crippen molar-refractivity contribution in [2.75, 3.05) is 23.0 Å². The Bertz CT molecular complexity index is 961. The summed E-state index contributed by atoms with van der Waals surface area (Å²) in [5.74, 6) is -0.796. The average molecular weight is 401 g/mol. The molecular weight excluding hydrogens is 379 g/mol. The van der Waals surface area contributed by atoms with Crippen molar-refractivity contribution in [1.29, 1.82) is 0 Å². The lowest BCUT2D eigenvalue weighted by Gasteiger charge is -2.22. The van der Waals surface area contributed by atoms with Crippen molar-refractivity contribution in [3.05, 3.63) is 65.2 Å². The van der Waals surface area contributed by atoms with E-state index in [9.17, 15) is 18.0 Å². The maximum absolute atomic E-state index is 13.6. The zero-order valence-electron chi connectivity index (χ0n) is 16.5. The highest BCUT2D eigenvalue weighted by molar-refractivity contribution is 6.34. The fraction of sp³-hybridized carbons (Fsp3) is 0.273. The third-order valence-corrected chi connectivity index (χ3v) is 4.83. The number of halogens is 3. The molecule has 0 atom stereocenters. The summed E-state index contributed by atoms with van der Waals surface area (Å²) in [7, 11) is 0. The molecule has 0 fully saturated rings. The zero-order chi connectivity index (χ0) is 21.2. The summed E-state index contributed by atoms with van der Waals surface area (Å²) in [6, 6.07) is 13.6. The van der Waals surface area contributed by atoms with Gasteiger partial charge in [0.1, 0.15) is 0 Å². The average Bonchev–Trinajstić information content (AvgIpc) is 3.02. The van der Waals surface area contributed by atoms with Gasteiger partial charge < -0.3 is 4.90 Å². The number of anilines is 2. The monoisotopic (exact) mass is 401 g/mol. The molecule has 0 bridgehead atoms. The van der Waals surface area contributed by atoms with Crippen LogP contribution in [0, 0.1) is 6.92 Å². The standard InChI is InChI=1S/C22H22F3N3O/c1-4-27(5-2)18-12-11-16(15(3)13-18)14-19-20(22(23,24)25)26-28(21(19)29)17-9-7-6-8-10-17/h6-14H,4-5H2,1-3H3. The van der Waals surface area contributed by atoms with Crippen molar-refractivity contribution in [2.45, 2.75) is 26.9 Å². The number of alkyl halides is 3. The fourth-order valence-corrected chi connectivity index (χ4v) is 3.26. The van der Waals surface area contributed by atoms with Crippen LogP contribution >= 0.6 is 0 Å². The molecule has 2 aromatic rings. The van der Waals surface area contributed by atoms with Gasteiger partial charge in [0.15, 0.2) is 5.71 Å². The van der Waals surface area contributed by atoms with Crippen molar-refractivity contribution in [2.24, 2.45) is 5.10 Å². The summed E-state index contributed by atoms with van der Waals surface area (Å²) in [5, 5.41) is 4.39. The van der Waals surface area contributed by atoms with Crippen LogP contribution in [0.3, 0.4) is 0 Å². The van der Waals surface area contributed by atoms with Crippen LogP contribution in [0.5, 0.6) is 0 Å². The van der Waals surface area contributed by atoms with Gasteiger partial charge in [0.05, 0.1) is 11.3 Å². The number of carbonyl (C=O) groups excluding carboxylic acids is 1. The highest BCUT2D eigenvalue weighted by Crippen LogP contribution is 2.33. The Hall–Kier alpha value is -3.09. The van der Waals surface area contributed by atoms with Crippen molar-refractivity contribution >= 4 is 29.1 Å². The lowest BCUT2D eigenvalue weighted by molar-refractivity contribution is -0.114. The summed E-state index contributed by atoms with van der Waals surface area (Å²) in [6.45, 7) is 7.54. The molecule has 0 N–H and O–H groups in total. The van der Waals surface area contributed by atoms with Crippen LogP contribution < -0.4 is 9.91 Å². The van der Waals surface area contributed by atoms with Gasteiger partial charge in [0.25, 0.3) is 5.91 Å². The number of aryl methyl sites for hydroxylation is 1. The molecule has 0 spiro atoms. The summed E-state index contributed by atoms with van der Waals surface area (Å²) in [5.41, 5.74) is 0.975. The summed E-state index contributed by atoms with van der Waals surface area (Å²) >= 11 is 0. The third kappa shape index (κ3) is 4.18. The van der Waals surface area contributed by atoms with E-state index in [1.165, 1.54) is 6.08 Å². The lowest BCUT2D eigenvalue weighted by atomic mass is 10.0. The Labute approximate surface area is 167 Å². The van der Waals surface area contributed by atoms with Gasteiger partial charge in [-0.05, 0) is 62.2 Å². The van der Waals surface area contributed by atoms with Crippen molar-refractivity contribution in [3.63, 3.8) is 0 Å². The maximum atomic E-state index is 13.6. The van der Waals surface area contributed by atoms with Gasteiger partial charge in [-0.1, -0.05) is 24.3 Å². The van der Waals surface area contributed by atoms with Crippen LogP contribution in [0.4, 0.5) is 24.5 Å². The molecule has 7 heteroatoms. The number of amides is 1. The molecule has 0 radical (unpaired) electrons. The number of benzene rings is 2. The van der Waals surface area contributed by atoms with E-state index in [0.29, 0.717) is 5.56 Å². The predicted molar refractivity (Wildman–Crippen MR) is 110 cm³/mol. The Morgan fingerprint density at radius 2 is 1.72 bits per heavy atom. The first-order valence-electron chi connectivity index (χ1n) is 9.39. The Morgan fingerprint density at radius 3 is 2.28 bits per heavy atom. The second-order valence-electron chi connectivity index (χ2n) is 6.67. The van der Waals surface area contributed by atoms with Crippen molar-refractivity contribution in [1.82, 2.24) is 0 Å². The molecule has 0 saturated heterocycles. The molecule has 29 heavy (non-hydrogen) atoms. The van der Waals surface area contributed by atoms with Gasteiger partial charge in [-0.3, -0.25) is 4.79 Å². The molecule has 1 aliphatic heterocycles. The predicted octanol–water partition coefficient (Wildman–Crippen LogP) is 5.19. The Morgan fingerprint density at radius 1 is 1.07 bits per heavy atom. The lowest BCUT2D eigenvalue weighted by Crippen LogP contribution is -2.25. The second kappa shape index (κ2) is 8.11. The molecule has 0 saturated carbocycles. The van der Waals surface area contributed by atoms with E-state index in [1.807, 2.05) is 32.9 Å². The Kier molecular flexibility index (Phi) is 5.77. The molecule has 0 aliphatic carbocycles. The van der Waals surface area contributed by atoms with E-state index < -0.39 is 23.4 Å². The molecular formula is C22H22F3N3O. The largest absolute Gasteiger partial charge is 0.435 e. The minimum Gasteiger partial charge on any atom is -0.372 e. The molecule has 1 amide bonds. The van der Waals surface area contributed by atoms with Crippen LogP contribution in [0.1, 0.15) is 25.0 Å². The zero-order valence-corrected chi connectivity index (χ0v) is 16.5. The van der Waals surface area contributed by atoms with Crippen molar-refractivity contribution in [3.8, 4) is 0 Å². The molecule has 1 heterocycles. The minimum atomic E-state index is -4.74. The summed E-state index contributed by atoms with van der Waals surface area (Å²) in [6.07, 6.45) is -3.46. The first-order chi connectivity index (χ1) is 13.8. The molecule has 2 aromatic carbocycles. The van der Waals surface area contributed by atoms with Gasteiger partial charge in [-0.25, -0.2) is 0 Å². The van der Waals surface area contributed by atoms with E-state index in [0.717, 1.165) is 29.3 Å². The molecule has 3 rings (SSSR count). The highest BCUT2D eigenvalue weighted by Gasteiger charge is 2.46. The number of hydrazone groups is 1. The van der Waals surface area contributed by atoms with Gasteiger partial charge >= 0.3 is 6.18 Å². The quantitative estimate of drug-likeness (QED) is 0.647. The van der Waals surface area contributed by atoms with E-state index in [-0.39, 0.29) is 5.69 Å². The van der Waals surface area contributed by atoms with Gasteiger partial charge in [0.2, 0.25) is 0 Å². The SMILES string of the molecule is CCN(CC)c1ccc(C=C2C(=O)N(c3ccccc3)N=C2C(F)(F)F)c(C)c1. The number of para-hydroxylation sites is 1. The number of rotatable bonds is 5. The first-order valence-corrected chi connectivity index (χ1v) is 9.39. The second-order valence-corrected chi connectivity index (χ2v) is 6.67. The normalized spacial score (nSPS) is 15.8. The maximum Gasteiger partial charge on any atom is 0.435 e. The van der Waals surface area contributed by atoms with Crippen LogP contribution in [0.15, 0.2) is 59.2 Å². The highest BCUT2D eigenvalue weighted by atomic mass is 19.4. The van der Waals surface area contributed by atoms with Gasteiger partial charge in [0, 0.05) is 18.8 Å². The third-order valence-electron chi connectivity index (χ3n) is 4.83. The smallest absolute Gasteiger partial charge is 0.372 e. The van der Waals surface area contributed by atoms with E-state index in [1.54, 1.807) is 36.4 Å². The number of hydrogen-bond donors (Lipinski definition) is 0. The fourth-order valence-electron chi connectivity index (χ4n) is 3.26. The van der Waals surface area contributed by atoms with Crippen LogP contribution in [-0.2, 0) is 4.79 Å². The van der Waals surface area contributed by atoms with E-state index in [2.05, 4.69) is 10.0 Å². The summed E-state index contributed by atoms with van der Waals surface area (Å²) < 4.78 is 40.7. The number of carbonyl (C=O) groups is 1. The van der Waals surface area contributed by atoms with E-state index in [4.69, 9.17) is 0 Å². The van der Waals surface area contributed by atoms with E-state index >= 15 is 0 Å². The minimum absolute atomic E-state index is 0.288. The molecule has 4 nitrogen and oxygen atoms in total. The van der Waals surface area contributed by atoms with Crippen LogP contribution in [-0.4, -0.2) is 30.9 Å². The number of nitrogens with zero attached hydrogens (tertiary/aromatic N) is 3.